The van der Waals surface area contributed by atoms with Gasteiger partial charge >= 0.3 is 5.97 Å². The van der Waals surface area contributed by atoms with Crippen LogP contribution in [-0.4, -0.2) is 34.7 Å². The Labute approximate surface area is 258 Å². The number of aliphatic hydroxyl groups excluding tert-OH is 1. The standard InChI is InChI=1S/C38H53NO4/c1-33(2)28-14-17-38(7)29(36(28,5)16-15-30(33)40)13-12-26-27-22-34(3,18-19-35(27,4)20-21-37(26,38)6)23-39-31(41)24-10-8-9-11-25(24)32(42)43/h8-13,28-30,40H,14-23H2,1-7H3,(H,39,41)(H,42,43)/t28?,29?,30?,34-,35?,36?,37+,38?/m0/s1. The van der Waals surface area contributed by atoms with Crippen LogP contribution in [0, 0.1) is 44.3 Å². The number of carboxylic acid groups (broad SMARTS) is 1. The molecule has 0 aromatic heterocycles. The molecule has 5 nitrogen and oxygen atoms in total. The predicted octanol–water partition coefficient (Wildman–Crippen LogP) is 8.20. The zero-order valence-corrected chi connectivity index (χ0v) is 27.5. The van der Waals surface area contributed by atoms with Gasteiger partial charge in [0.2, 0.25) is 0 Å². The average Bonchev–Trinajstić information content (AvgIpc) is 2.95. The molecule has 0 bridgehead atoms. The second-order valence-corrected chi connectivity index (χ2v) is 17.0. The van der Waals surface area contributed by atoms with Gasteiger partial charge in [-0.2, -0.15) is 0 Å². The van der Waals surface area contributed by atoms with E-state index in [9.17, 15) is 19.8 Å². The Balaban J connectivity index is 1.32. The molecule has 5 aliphatic carbocycles. The molecule has 234 valence electrons. The van der Waals surface area contributed by atoms with Gasteiger partial charge in [0, 0.05) is 6.54 Å². The van der Waals surface area contributed by atoms with E-state index >= 15 is 0 Å². The van der Waals surface area contributed by atoms with Crippen molar-refractivity contribution in [3.63, 3.8) is 0 Å². The van der Waals surface area contributed by atoms with Crippen molar-refractivity contribution in [2.24, 2.45) is 44.3 Å². The van der Waals surface area contributed by atoms with Gasteiger partial charge in [-0.25, -0.2) is 4.79 Å². The van der Waals surface area contributed by atoms with E-state index in [0.29, 0.717) is 18.4 Å². The number of aliphatic hydroxyl groups is 1. The first-order valence-corrected chi connectivity index (χ1v) is 16.7. The van der Waals surface area contributed by atoms with E-state index < -0.39 is 5.97 Å². The first kappa shape index (κ1) is 30.6. The number of nitrogens with one attached hydrogen (secondary N) is 1. The van der Waals surface area contributed by atoms with Crippen LogP contribution in [0.4, 0.5) is 0 Å². The molecule has 8 atom stereocenters. The normalized spacial score (nSPS) is 43.1. The van der Waals surface area contributed by atoms with Crippen LogP contribution in [0.1, 0.15) is 127 Å². The zero-order chi connectivity index (χ0) is 31.2. The van der Waals surface area contributed by atoms with Crippen LogP contribution in [0.15, 0.2) is 47.6 Å². The molecule has 43 heavy (non-hydrogen) atoms. The molecule has 3 fully saturated rings. The van der Waals surface area contributed by atoms with E-state index in [1.54, 1.807) is 29.3 Å². The molecule has 1 aromatic carbocycles. The number of carboxylic acids is 1. The smallest absolute Gasteiger partial charge is 0.336 e. The molecule has 6 rings (SSSR count). The van der Waals surface area contributed by atoms with Gasteiger partial charge in [0.1, 0.15) is 0 Å². The van der Waals surface area contributed by atoms with Crippen molar-refractivity contribution in [2.45, 2.75) is 112 Å². The highest BCUT2D eigenvalue weighted by atomic mass is 16.4. The average molecular weight is 588 g/mol. The molecule has 5 heteroatoms. The molecule has 3 N–H and O–H groups in total. The number of fused-ring (bicyclic) bond motifs is 6. The summed E-state index contributed by atoms with van der Waals surface area (Å²) in [6, 6.07) is 6.47. The Morgan fingerprint density at radius 1 is 0.884 bits per heavy atom. The molecule has 0 radical (unpaired) electrons. The van der Waals surface area contributed by atoms with Crippen molar-refractivity contribution in [2.75, 3.05) is 6.54 Å². The fourth-order valence-corrected chi connectivity index (χ4v) is 11.2. The Kier molecular flexibility index (Phi) is 6.98. The maximum atomic E-state index is 13.2. The summed E-state index contributed by atoms with van der Waals surface area (Å²) in [5.41, 5.74) is 3.90. The third-order valence-electron chi connectivity index (χ3n) is 14.4. The fraction of sp³-hybridized carbons (Fsp3) is 0.684. The lowest BCUT2D eigenvalue weighted by Crippen LogP contribution is -2.63. The zero-order valence-electron chi connectivity index (χ0n) is 27.5. The van der Waals surface area contributed by atoms with Gasteiger partial charge in [0.15, 0.2) is 0 Å². The van der Waals surface area contributed by atoms with Crippen LogP contribution in [0.5, 0.6) is 0 Å². The topological polar surface area (TPSA) is 86.6 Å². The number of carbonyl (C=O) groups is 2. The third kappa shape index (κ3) is 4.34. The summed E-state index contributed by atoms with van der Waals surface area (Å²) in [7, 11) is 0. The Hall–Kier alpha value is -2.40. The molecule has 1 amide bonds. The predicted molar refractivity (Wildman–Crippen MR) is 171 cm³/mol. The summed E-state index contributed by atoms with van der Waals surface area (Å²) < 4.78 is 0. The van der Waals surface area contributed by atoms with E-state index in [0.717, 1.165) is 32.1 Å². The maximum absolute atomic E-state index is 13.2. The molecule has 0 heterocycles. The minimum Gasteiger partial charge on any atom is -0.478 e. The van der Waals surface area contributed by atoms with Crippen LogP contribution >= 0.6 is 0 Å². The fourth-order valence-electron chi connectivity index (χ4n) is 11.2. The van der Waals surface area contributed by atoms with E-state index in [2.05, 4.69) is 65.9 Å². The Morgan fingerprint density at radius 3 is 2.26 bits per heavy atom. The third-order valence-corrected chi connectivity index (χ3v) is 14.4. The lowest BCUT2D eigenvalue weighted by molar-refractivity contribution is -0.182. The van der Waals surface area contributed by atoms with Crippen molar-refractivity contribution in [3.8, 4) is 0 Å². The van der Waals surface area contributed by atoms with Gasteiger partial charge < -0.3 is 15.5 Å². The van der Waals surface area contributed by atoms with E-state index in [4.69, 9.17) is 0 Å². The van der Waals surface area contributed by atoms with Gasteiger partial charge in [0.05, 0.1) is 17.2 Å². The van der Waals surface area contributed by atoms with E-state index in [1.807, 2.05) is 0 Å². The van der Waals surface area contributed by atoms with Crippen LogP contribution in [0.2, 0.25) is 0 Å². The van der Waals surface area contributed by atoms with Gasteiger partial charge in [-0.1, -0.05) is 78.3 Å². The van der Waals surface area contributed by atoms with Crippen LogP contribution in [-0.2, 0) is 0 Å². The first-order valence-electron chi connectivity index (χ1n) is 16.7. The lowest BCUT2D eigenvalue weighted by atomic mass is 9.35. The highest BCUT2D eigenvalue weighted by molar-refractivity contribution is 6.04. The summed E-state index contributed by atoms with van der Waals surface area (Å²) in [4.78, 5) is 24.9. The summed E-state index contributed by atoms with van der Waals surface area (Å²) in [6.45, 7) is 17.6. The molecule has 3 saturated carbocycles. The van der Waals surface area contributed by atoms with E-state index in [1.165, 1.54) is 31.7 Å². The van der Waals surface area contributed by atoms with Crippen molar-refractivity contribution in [1.82, 2.24) is 5.32 Å². The number of hydrogen-bond acceptors (Lipinski definition) is 3. The number of amides is 1. The molecule has 5 aliphatic rings. The summed E-state index contributed by atoms with van der Waals surface area (Å²) in [5.74, 6) is -0.374. The van der Waals surface area contributed by atoms with Crippen LogP contribution in [0.3, 0.4) is 0 Å². The van der Waals surface area contributed by atoms with E-state index in [-0.39, 0.29) is 55.6 Å². The summed E-state index contributed by atoms with van der Waals surface area (Å²) in [6.07, 6.45) is 14.8. The van der Waals surface area contributed by atoms with Gasteiger partial charge in [-0.05, 0) is 120 Å². The van der Waals surface area contributed by atoms with Gasteiger partial charge in [0.25, 0.3) is 5.91 Å². The molecule has 0 saturated heterocycles. The summed E-state index contributed by atoms with van der Waals surface area (Å²) in [5, 5.41) is 23.7. The number of hydrogen-bond donors (Lipinski definition) is 3. The Bertz CT molecular complexity index is 1410. The molecular weight excluding hydrogens is 534 g/mol. The van der Waals surface area contributed by atoms with Crippen molar-refractivity contribution in [3.05, 3.63) is 58.7 Å². The largest absolute Gasteiger partial charge is 0.478 e. The highest BCUT2D eigenvalue weighted by Crippen LogP contribution is 2.74. The van der Waals surface area contributed by atoms with Crippen molar-refractivity contribution in [1.29, 1.82) is 0 Å². The highest BCUT2D eigenvalue weighted by Gasteiger charge is 2.66. The van der Waals surface area contributed by atoms with Gasteiger partial charge in [-0.3, -0.25) is 4.79 Å². The minimum absolute atomic E-state index is 0.0452. The SMILES string of the molecule is CC12CC[C@](C)(CNC(=O)c3ccccc3C(=O)O)CC1=C1C=CC3C4(C)CCC(O)C(C)(C)C4CCC3(C)[C@]1(C)CC2. The monoisotopic (exact) mass is 587 g/mol. The second kappa shape index (κ2) is 9.80. The van der Waals surface area contributed by atoms with Crippen molar-refractivity contribution >= 4 is 11.9 Å². The molecule has 0 spiro atoms. The maximum Gasteiger partial charge on any atom is 0.336 e. The summed E-state index contributed by atoms with van der Waals surface area (Å²) >= 11 is 0. The minimum atomic E-state index is -1.08. The lowest BCUT2D eigenvalue weighted by Gasteiger charge is -2.69. The number of allylic oxidation sites excluding steroid dienone is 4. The number of benzene rings is 1. The number of carbonyl (C=O) groups excluding carboxylic acids is 1. The van der Waals surface area contributed by atoms with Gasteiger partial charge in [-0.15, -0.1) is 0 Å². The van der Waals surface area contributed by atoms with Crippen molar-refractivity contribution < 1.29 is 19.8 Å². The first-order chi connectivity index (χ1) is 20.0. The number of aromatic carboxylic acids is 1. The molecule has 1 aromatic rings. The van der Waals surface area contributed by atoms with Crippen LogP contribution < -0.4 is 5.32 Å². The Morgan fingerprint density at radius 2 is 1.56 bits per heavy atom. The molecule has 6 unspecified atom stereocenters. The molecule has 0 aliphatic heterocycles. The number of rotatable bonds is 4. The van der Waals surface area contributed by atoms with Crippen LogP contribution in [0.25, 0.3) is 0 Å². The molecular formula is C38H53NO4. The quantitative estimate of drug-likeness (QED) is 0.331. The second-order valence-electron chi connectivity index (χ2n) is 17.0.